The molecule has 2 heterocycles. The molecule has 1 saturated heterocycles. The van der Waals surface area contributed by atoms with E-state index >= 15 is 0 Å². The Morgan fingerprint density at radius 1 is 1.50 bits per heavy atom. The molecular formula is C13H19BrN2O2. The van der Waals surface area contributed by atoms with Crippen LogP contribution in [0.15, 0.2) is 16.6 Å². The van der Waals surface area contributed by atoms with Crippen molar-refractivity contribution in [1.29, 1.82) is 0 Å². The second-order valence-electron chi connectivity index (χ2n) is 4.67. The first kappa shape index (κ1) is 13.8. The molecule has 2 rings (SSSR count). The van der Waals surface area contributed by atoms with Crippen molar-refractivity contribution in [1.82, 2.24) is 4.98 Å². The van der Waals surface area contributed by atoms with Gasteiger partial charge in [-0.3, -0.25) is 0 Å². The van der Waals surface area contributed by atoms with Crippen molar-refractivity contribution >= 4 is 21.7 Å². The van der Waals surface area contributed by atoms with Gasteiger partial charge in [0, 0.05) is 24.7 Å². The highest BCUT2D eigenvalue weighted by atomic mass is 79.9. The molecule has 1 aliphatic rings. The molecule has 1 aromatic heterocycles. The minimum atomic E-state index is 0.115. The maximum Gasteiger partial charge on any atom is 0.129 e. The van der Waals surface area contributed by atoms with Crippen LogP contribution in [0.4, 0.5) is 5.82 Å². The third-order valence-electron chi connectivity index (χ3n) is 3.01. The summed E-state index contributed by atoms with van der Waals surface area (Å²) in [5, 5.41) is 0. The molecular weight excluding hydrogens is 296 g/mol. The molecule has 2 atom stereocenters. The molecule has 0 N–H and O–H groups in total. The second-order valence-corrected chi connectivity index (χ2v) is 5.52. The fourth-order valence-electron chi connectivity index (χ4n) is 2.22. The largest absolute Gasteiger partial charge is 0.382 e. The molecule has 1 aromatic rings. The number of methoxy groups -OCH3 is 1. The Morgan fingerprint density at radius 2 is 2.28 bits per heavy atom. The van der Waals surface area contributed by atoms with Gasteiger partial charge >= 0.3 is 0 Å². The maximum atomic E-state index is 5.83. The summed E-state index contributed by atoms with van der Waals surface area (Å²) in [5.74, 6) is 1.01. The molecule has 0 bridgehead atoms. The van der Waals surface area contributed by atoms with Gasteiger partial charge in [-0.05, 0) is 41.9 Å². The number of morpholine rings is 1. The van der Waals surface area contributed by atoms with Crippen LogP contribution in [0, 0.1) is 6.92 Å². The van der Waals surface area contributed by atoms with Crippen LogP contribution in [0.2, 0.25) is 0 Å². The second kappa shape index (κ2) is 5.99. The number of aryl methyl sites for hydroxylation is 1. The molecule has 1 aliphatic heterocycles. The van der Waals surface area contributed by atoms with Crippen molar-refractivity contribution in [3.8, 4) is 0 Å². The highest BCUT2D eigenvalue weighted by molar-refractivity contribution is 9.10. The SMILES string of the molecule is COCC1CN(c2ccc(Br)c(C)n2)CC(C)O1. The quantitative estimate of drug-likeness (QED) is 0.858. The molecule has 1 fully saturated rings. The minimum Gasteiger partial charge on any atom is -0.382 e. The normalized spacial score (nSPS) is 24.3. The highest BCUT2D eigenvalue weighted by Gasteiger charge is 2.26. The standard InChI is InChI=1S/C13H19BrN2O2/c1-9-6-16(7-11(18-9)8-17-3)13-5-4-12(14)10(2)15-13/h4-5,9,11H,6-8H2,1-3H3. The average molecular weight is 315 g/mol. The predicted molar refractivity (Wildman–Crippen MR) is 75.1 cm³/mol. The summed E-state index contributed by atoms with van der Waals surface area (Å²) in [6, 6.07) is 4.09. The Bertz CT molecular complexity index is 414. The Balaban J connectivity index is 2.13. The van der Waals surface area contributed by atoms with E-state index in [0.29, 0.717) is 6.61 Å². The monoisotopic (exact) mass is 314 g/mol. The first-order chi connectivity index (χ1) is 8.60. The Labute approximate surface area is 116 Å². The summed E-state index contributed by atoms with van der Waals surface area (Å²) in [5.41, 5.74) is 1.01. The number of pyridine rings is 1. The first-order valence-electron chi connectivity index (χ1n) is 6.12. The van der Waals surface area contributed by atoms with E-state index in [1.165, 1.54) is 0 Å². The molecule has 0 saturated carbocycles. The van der Waals surface area contributed by atoms with Crippen LogP contribution in [0.3, 0.4) is 0 Å². The van der Waals surface area contributed by atoms with Gasteiger partial charge in [-0.25, -0.2) is 4.98 Å². The van der Waals surface area contributed by atoms with Crippen LogP contribution in [0.5, 0.6) is 0 Å². The van der Waals surface area contributed by atoms with E-state index in [-0.39, 0.29) is 12.2 Å². The summed E-state index contributed by atoms with van der Waals surface area (Å²) in [7, 11) is 1.70. The van der Waals surface area contributed by atoms with Gasteiger partial charge in [0.25, 0.3) is 0 Å². The number of rotatable bonds is 3. The Kier molecular flexibility index (Phi) is 4.59. The third kappa shape index (κ3) is 3.22. The molecule has 100 valence electrons. The van der Waals surface area contributed by atoms with E-state index < -0.39 is 0 Å². The lowest BCUT2D eigenvalue weighted by atomic mass is 10.2. The van der Waals surface area contributed by atoms with E-state index in [4.69, 9.17) is 9.47 Å². The number of nitrogens with zero attached hydrogens (tertiary/aromatic N) is 2. The lowest BCUT2D eigenvalue weighted by Crippen LogP contribution is -2.48. The van der Waals surface area contributed by atoms with Crippen LogP contribution in [0.25, 0.3) is 0 Å². The average Bonchev–Trinajstić information content (AvgIpc) is 2.32. The number of hydrogen-bond donors (Lipinski definition) is 0. The van der Waals surface area contributed by atoms with Crippen molar-refractivity contribution in [2.45, 2.75) is 26.1 Å². The van der Waals surface area contributed by atoms with E-state index in [1.54, 1.807) is 7.11 Å². The van der Waals surface area contributed by atoms with E-state index in [9.17, 15) is 0 Å². The molecule has 0 aliphatic carbocycles. The van der Waals surface area contributed by atoms with Crippen molar-refractivity contribution in [2.75, 3.05) is 31.7 Å². The fourth-order valence-corrected chi connectivity index (χ4v) is 2.44. The van der Waals surface area contributed by atoms with Crippen LogP contribution in [0.1, 0.15) is 12.6 Å². The summed E-state index contributed by atoms with van der Waals surface area (Å²) in [6.07, 6.45) is 0.314. The van der Waals surface area contributed by atoms with Crippen LogP contribution in [-0.2, 0) is 9.47 Å². The zero-order valence-corrected chi connectivity index (χ0v) is 12.6. The van der Waals surface area contributed by atoms with Crippen LogP contribution >= 0.6 is 15.9 Å². The molecule has 4 nitrogen and oxygen atoms in total. The van der Waals surface area contributed by atoms with E-state index in [0.717, 1.165) is 29.1 Å². The predicted octanol–water partition coefficient (Wildman–Crippen LogP) is 2.39. The van der Waals surface area contributed by atoms with Gasteiger partial charge in [-0.15, -0.1) is 0 Å². The fraction of sp³-hybridized carbons (Fsp3) is 0.615. The molecule has 18 heavy (non-hydrogen) atoms. The topological polar surface area (TPSA) is 34.6 Å². The molecule has 0 radical (unpaired) electrons. The van der Waals surface area contributed by atoms with E-state index in [2.05, 4.69) is 32.7 Å². The van der Waals surface area contributed by atoms with Crippen molar-refractivity contribution in [3.05, 3.63) is 22.3 Å². The molecule has 2 unspecified atom stereocenters. The highest BCUT2D eigenvalue weighted by Crippen LogP contribution is 2.22. The van der Waals surface area contributed by atoms with Crippen LogP contribution in [-0.4, -0.2) is 44.0 Å². The van der Waals surface area contributed by atoms with Crippen molar-refractivity contribution in [3.63, 3.8) is 0 Å². The Morgan fingerprint density at radius 3 is 2.94 bits per heavy atom. The summed E-state index contributed by atoms with van der Waals surface area (Å²) in [4.78, 5) is 6.87. The summed E-state index contributed by atoms with van der Waals surface area (Å²) >= 11 is 3.48. The van der Waals surface area contributed by atoms with E-state index in [1.807, 2.05) is 19.1 Å². The van der Waals surface area contributed by atoms with Gasteiger partial charge in [0.1, 0.15) is 5.82 Å². The minimum absolute atomic E-state index is 0.115. The summed E-state index contributed by atoms with van der Waals surface area (Å²) < 4.78 is 12.0. The smallest absolute Gasteiger partial charge is 0.129 e. The van der Waals surface area contributed by atoms with Gasteiger partial charge in [-0.2, -0.15) is 0 Å². The number of halogens is 1. The molecule has 0 aromatic carbocycles. The zero-order chi connectivity index (χ0) is 13.1. The van der Waals surface area contributed by atoms with Crippen LogP contribution < -0.4 is 4.90 Å². The van der Waals surface area contributed by atoms with Crippen molar-refractivity contribution < 1.29 is 9.47 Å². The number of anilines is 1. The summed E-state index contributed by atoms with van der Waals surface area (Å²) in [6.45, 7) is 6.40. The lowest BCUT2D eigenvalue weighted by Gasteiger charge is -2.37. The lowest BCUT2D eigenvalue weighted by molar-refractivity contribution is -0.0512. The Hall–Kier alpha value is -0.650. The molecule has 0 amide bonds. The van der Waals surface area contributed by atoms with Crippen molar-refractivity contribution in [2.24, 2.45) is 0 Å². The first-order valence-corrected chi connectivity index (χ1v) is 6.92. The van der Waals surface area contributed by atoms with Gasteiger partial charge in [0.2, 0.25) is 0 Å². The molecule has 5 heteroatoms. The maximum absolute atomic E-state index is 5.83. The van der Waals surface area contributed by atoms with Gasteiger partial charge in [-0.1, -0.05) is 0 Å². The number of aromatic nitrogens is 1. The van der Waals surface area contributed by atoms with Gasteiger partial charge < -0.3 is 14.4 Å². The number of ether oxygens (including phenoxy) is 2. The zero-order valence-electron chi connectivity index (χ0n) is 11.0. The third-order valence-corrected chi connectivity index (χ3v) is 3.85. The number of hydrogen-bond acceptors (Lipinski definition) is 4. The van der Waals surface area contributed by atoms with Gasteiger partial charge in [0.15, 0.2) is 0 Å². The molecule has 0 spiro atoms. The van der Waals surface area contributed by atoms with Gasteiger partial charge in [0.05, 0.1) is 24.5 Å².